The van der Waals surface area contributed by atoms with Crippen LogP contribution < -0.4 is 0 Å². The van der Waals surface area contributed by atoms with Crippen LogP contribution in [0.2, 0.25) is 4.34 Å². The molecule has 0 bridgehead atoms. The third-order valence-corrected chi connectivity index (χ3v) is 5.13. The lowest BCUT2D eigenvalue weighted by Crippen LogP contribution is -2.21. The van der Waals surface area contributed by atoms with Gasteiger partial charge in [0.25, 0.3) is 0 Å². The van der Waals surface area contributed by atoms with Crippen molar-refractivity contribution in [2.45, 2.75) is 26.5 Å². The molecule has 0 saturated carbocycles. The van der Waals surface area contributed by atoms with Gasteiger partial charge in [-0.25, -0.2) is 0 Å². The minimum Gasteiger partial charge on any atom is -0.466 e. The second-order valence-electron chi connectivity index (χ2n) is 5.68. The number of rotatable bonds is 5. The van der Waals surface area contributed by atoms with Crippen molar-refractivity contribution in [3.8, 4) is 0 Å². The van der Waals surface area contributed by atoms with E-state index in [0.717, 1.165) is 21.8 Å². The largest absolute Gasteiger partial charge is 0.466 e. The van der Waals surface area contributed by atoms with Gasteiger partial charge in [-0.1, -0.05) is 17.7 Å². The quantitative estimate of drug-likeness (QED) is 0.722. The molecule has 0 spiro atoms. The Morgan fingerprint density at radius 1 is 1.40 bits per heavy atom. The first-order chi connectivity index (χ1) is 12.0. The molecule has 0 radical (unpaired) electrons. The molecular formula is C18H19ClN2O3S. The summed E-state index contributed by atoms with van der Waals surface area (Å²) in [6.45, 7) is 4.08. The first kappa shape index (κ1) is 17.8. The summed E-state index contributed by atoms with van der Waals surface area (Å²) in [7, 11) is 1.90. The summed E-state index contributed by atoms with van der Waals surface area (Å²) in [6, 6.07) is 7.64. The van der Waals surface area contributed by atoms with Crippen molar-refractivity contribution in [2.75, 3.05) is 13.7 Å². The fourth-order valence-corrected chi connectivity index (χ4v) is 3.72. The van der Waals surface area contributed by atoms with Gasteiger partial charge in [-0.2, -0.15) is 0 Å². The zero-order valence-corrected chi connectivity index (χ0v) is 15.9. The number of halogens is 1. The van der Waals surface area contributed by atoms with Gasteiger partial charge in [-0.15, -0.1) is 11.3 Å². The fraction of sp³-hybridized carbons (Fsp3) is 0.333. The van der Waals surface area contributed by atoms with Gasteiger partial charge in [-0.3, -0.25) is 9.78 Å². The summed E-state index contributed by atoms with van der Waals surface area (Å²) < 4.78 is 12.0. The van der Waals surface area contributed by atoms with Gasteiger partial charge in [0.05, 0.1) is 27.9 Å². The summed E-state index contributed by atoms with van der Waals surface area (Å²) in [5, 5.41) is 0. The van der Waals surface area contributed by atoms with E-state index in [0.29, 0.717) is 16.7 Å². The second-order valence-corrected chi connectivity index (χ2v) is 7.39. The average molecular weight is 379 g/mol. The highest BCUT2D eigenvalue weighted by atomic mass is 35.5. The predicted molar refractivity (Wildman–Crippen MR) is 98.1 cm³/mol. The number of hydrogen-bond donors (Lipinski definition) is 0. The van der Waals surface area contributed by atoms with Crippen LogP contribution in [0.1, 0.15) is 35.7 Å². The number of aromatic nitrogens is 1. The topological polar surface area (TPSA) is 51.7 Å². The molecule has 132 valence electrons. The molecule has 1 aliphatic rings. The van der Waals surface area contributed by atoms with Gasteiger partial charge in [0.2, 0.25) is 0 Å². The van der Waals surface area contributed by atoms with Crippen LogP contribution in [0.5, 0.6) is 0 Å². The van der Waals surface area contributed by atoms with Crippen LogP contribution in [-0.2, 0) is 14.3 Å². The number of esters is 1. The highest BCUT2D eigenvalue weighted by molar-refractivity contribution is 7.17. The lowest BCUT2D eigenvalue weighted by molar-refractivity contribution is -0.142. The van der Waals surface area contributed by atoms with E-state index in [9.17, 15) is 4.79 Å². The van der Waals surface area contributed by atoms with Crippen LogP contribution in [-0.4, -0.2) is 29.5 Å². The van der Waals surface area contributed by atoms with Crippen LogP contribution in [0.15, 0.2) is 36.2 Å². The van der Waals surface area contributed by atoms with Gasteiger partial charge >= 0.3 is 5.97 Å². The summed E-state index contributed by atoms with van der Waals surface area (Å²) in [5.41, 5.74) is 2.64. The minimum absolute atomic E-state index is 0.144. The Balaban J connectivity index is 1.94. The molecular weight excluding hydrogens is 360 g/mol. The second kappa shape index (κ2) is 7.45. The molecule has 1 unspecified atom stereocenters. The van der Waals surface area contributed by atoms with Gasteiger partial charge in [0.15, 0.2) is 12.0 Å². The van der Waals surface area contributed by atoms with Crippen molar-refractivity contribution in [3.63, 3.8) is 0 Å². The smallest absolute Gasteiger partial charge is 0.311 e. The number of hydrogen-bond acceptors (Lipinski definition) is 6. The maximum Gasteiger partial charge on any atom is 0.311 e. The first-order valence-corrected chi connectivity index (χ1v) is 9.15. The van der Waals surface area contributed by atoms with E-state index in [1.807, 2.05) is 43.1 Å². The van der Waals surface area contributed by atoms with E-state index in [1.165, 1.54) is 11.3 Å². The van der Waals surface area contributed by atoms with E-state index in [4.69, 9.17) is 21.1 Å². The maximum absolute atomic E-state index is 12.0. The standard InChI is InChI=1S/C18H19ClN2O3S/c1-4-23-16(22)9-13-17(14-7-8-15(19)25-14)24-18(21(13)3)12-6-5-11(2)20-10-12/h5-8,10,18H,4,9H2,1-3H3. The number of carbonyl (C=O) groups excluding carboxylic acids is 1. The van der Waals surface area contributed by atoms with Crippen molar-refractivity contribution in [1.82, 2.24) is 9.88 Å². The van der Waals surface area contributed by atoms with E-state index < -0.39 is 0 Å². The Kier molecular flexibility index (Phi) is 5.30. The van der Waals surface area contributed by atoms with Gasteiger partial charge in [-0.05, 0) is 32.0 Å². The number of thiophene rings is 1. The van der Waals surface area contributed by atoms with E-state index in [1.54, 1.807) is 13.1 Å². The molecule has 2 aromatic heterocycles. The van der Waals surface area contributed by atoms with Crippen LogP contribution in [0.25, 0.3) is 5.76 Å². The van der Waals surface area contributed by atoms with Gasteiger partial charge in [0, 0.05) is 24.5 Å². The summed E-state index contributed by atoms with van der Waals surface area (Å²) in [6.07, 6.45) is 1.60. The predicted octanol–water partition coefficient (Wildman–Crippen LogP) is 4.39. The van der Waals surface area contributed by atoms with E-state index >= 15 is 0 Å². The fourth-order valence-electron chi connectivity index (χ4n) is 2.67. The van der Waals surface area contributed by atoms with Crippen molar-refractivity contribution < 1.29 is 14.3 Å². The molecule has 5 nitrogen and oxygen atoms in total. The molecule has 1 aliphatic heterocycles. The number of ether oxygens (including phenoxy) is 2. The Bertz CT molecular complexity index is 801. The molecule has 0 fully saturated rings. The van der Waals surface area contributed by atoms with Crippen molar-refractivity contribution in [1.29, 1.82) is 0 Å². The first-order valence-electron chi connectivity index (χ1n) is 7.96. The Hall–Kier alpha value is -2.05. The number of carbonyl (C=O) groups is 1. The van der Waals surface area contributed by atoms with E-state index in [-0.39, 0.29) is 18.6 Å². The van der Waals surface area contributed by atoms with Gasteiger partial charge in [0.1, 0.15) is 0 Å². The van der Waals surface area contributed by atoms with Crippen molar-refractivity contribution >= 4 is 34.7 Å². The van der Waals surface area contributed by atoms with Crippen LogP contribution in [0.4, 0.5) is 0 Å². The zero-order chi connectivity index (χ0) is 18.0. The number of nitrogens with zero attached hydrogens (tertiary/aromatic N) is 2. The molecule has 0 aromatic carbocycles. The summed E-state index contributed by atoms with van der Waals surface area (Å²) in [4.78, 5) is 19.2. The highest BCUT2D eigenvalue weighted by Crippen LogP contribution is 2.43. The van der Waals surface area contributed by atoms with Crippen LogP contribution in [0, 0.1) is 6.92 Å². The third-order valence-electron chi connectivity index (χ3n) is 3.90. The Labute approximate surface area is 155 Å². The molecule has 3 heterocycles. The number of pyridine rings is 1. The maximum atomic E-state index is 12.0. The molecule has 0 N–H and O–H groups in total. The lowest BCUT2D eigenvalue weighted by Gasteiger charge is -2.22. The van der Waals surface area contributed by atoms with Crippen LogP contribution in [0.3, 0.4) is 0 Å². The SMILES string of the molecule is CCOC(=O)CC1=C(c2ccc(Cl)s2)OC(c2ccc(C)nc2)N1C. The molecule has 25 heavy (non-hydrogen) atoms. The molecule has 0 amide bonds. The molecule has 1 atom stereocenters. The van der Waals surface area contributed by atoms with Crippen molar-refractivity contribution in [2.24, 2.45) is 0 Å². The normalized spacial score (nSPS) is 17.0. The molecule has 0 saturated heterocycles. The third kappa shape index (κ3) is 3.80. The Morgan fingerprint density at radius 2 is 2.20 bits per heavy atom. The molecule has 3 rings (SSSR count). The molecule has 0 aliphatic carbocycles. The van der Waals surface area contributed by atoms with E-state index in [2.05, 4.69) is 4.98 Å². The van der Waals surface area contributed by atoms with Gasteiger partial charge < -0.3 is 14.4 Å². The monoisotopic (exact) mass is 378 g/mol. The highest BCUT2D eigenvalue weighted by Gasteiger charge is 2.34. The van der Waals surface area contributed by atoms with Crippen molar-refractivity contribution in [3.05, 3.63) is 56.6 Å². The molecule has 2 aromatic rings. The zero-order valence-electron chi connectivity index (χ0n) is 14.3. The lowest BCUT2D eigenvalue weighted by atomic mass is 10.2. The summed E-state index contributed by atoms with van der Waals surface area (Å²) >= 11 is 7.49. The Morgan fingerprint density at radius 3 is 2.80 bits per heavy atom. The average Bonchev–Trinajstić information content (AvgIpc) is 3.13. The minimum atomic E-state index is -0.339. The van der Waals surface area contributed by atoms with Crippen LogP contribution >= 0.6 is 22.9 Å². The number of aryl methyl sites for hydroxylation is 1. The molecule has 7 heteroatoms. The summed E-state index contributed by atoms with van der Waals surface area (Å²) in [5.74, 6) is 0.383.